The zero-order chi connectivity index (χ0) is 22.7. The Hall–Kier alpha value is -3.56. The molecule has 0 bridgehead atoms. The zero-order valence-electron chi connectivity index (χ0n) is 18.9. The minimum Gasteiger partial charge on any atom is -0.369 e. The SMILES string of the molecule is Cc1cccc(N2CCN(CC(=O)Nc3c(C#N)c(C)c(C)n3-c3ccccc3)CC2)c1. The maximum Gasteiger partial charge on any atom is 0.239 e. The molecule has 0 atom stereocenters. The van der Waals surface area contributed by atoms with E-state index in [4.69, 9.17) is 0 Å². The van der Waals surface area contributed by atoms with Crippen LogP contribution in [0.2, 0.25) is 0 Å². The number of anilines is 2. The zero-order valence-corrected chi connectivity index (χ0v) is 18.9. The first-order valence-electron chi connectivity index (χ1n) is 11.0. The molecule has 0 unspecified atom stereocenters. The fraction of sp³-hybridized carbons (Fsp3) is 0.308. The van der Waals surface area contributed by atoms with Gasteiger partial charge < -0.3 is 10.2 Å². The molecular weight excluding hydrogens is 398 g/mol. The number of hydrogen-bond donors (Lipinski definition) is 1. The van der Waals surface area contributed by atoms with Crippen molar-refractivity contribution >= 4 is 17.4 Å². The molecule has 1 saturated heterocycles. The van der Waals surface area contributed by atoms with Crippen molar-refractivity contribution in [1.82, 2.24) is 9.47 Å². The number of benzene rings is 2. The maximum absolute atomic E-state index is 13.0. The average molecular weight is 428 g/mol. The number of nitrogens with one attached hydrogen (secondary N) is 1. The molecule has 2 aromatic carbocycles. The van der Waals surface area contributed by atoms with Gasteiger partial charge in [0, 0.05) is 43.2 Å². The van der Waals surface area contributed by atoms with Crippen LogP contribution in [0.25, 0.3) is 5.69 Å². The molecule has 6 nitrogen and oxygen atoms in total. The Labute approximate surface area is 189 Å². The van der Waals surface area contributed by atoms with Crippen molar-refractivity contribution in [2.45, 2.75) is 20.8 Å². The lowest BCUT2D eigenvalue weighted by Crippen LogP contribution is -2.48. The van der Waals surface area contributed by atoms with E-state index in [1.165, 1.54) is 11.3 Å². The van der Waals surface area contributed by atoms with E-state index in [1.807, 2.05) is 48.7 Å². The van der Waals surface area contributed by atoms with Gasteiger partial charge in [-0.1, -0.05) is 30.3 Å². The monoisotopic (exact) mass is 427 g/mol. The molecule has 1 fully saturated rings. The smallest absolute Gasteiger partial charge is 0.239 e. The molecule has 0 radical (unpaired) electrons. The molecule has 1 amide bonds. The molecule has 164 valence electrons. The molecule has 4 rings (SSSR count). The molecule has 1 N–H and O–H groups in total. The van der Waals surface area contributed by atoms with Crippen molar-refractivity contribution < 1.29 is 4.79 Å². The van der Waals surface area contributed by atoms with E-state index < -0.39 is 0 Å². The van der Waals surface area contributed by atoms with Gasteiger partial charge in [-0.05, 0) is 56.2 Å². The molecule has 6 heteroatoms. The number of carbonyl (C=O) groups is 1. The summed E-state index contributed by atoms with van der Waals surface area (Å²) in [6.07, 6.45) is 0. The third kappa shape index (κ3) is 4.39. The number of nitrogens with zero attached hydrogens (tertiary/aromatic N) is 4. The van der Waals surface area contributed by atoms with E-state index in [0.717, 1.165) is 43.1 Å². The van der Waals surface area contributed by atoms with E-state index >= 15 is 0 Å². The van der Waals surface area contributed by atoms with Crippen LogP contribution in [-0.4, -0.2) is 48.1 Å². The summed E-state index contributed by atoms with van der Waals surface area (Å²) in [4.78, 5) is 17.5. The Morgan fingerprint density at radius 2 is 1.66 bits per heavy atom. The molecule has 1 aliphatic heterocycles. The van der Waals surface area contributed by atoms with Crippen molar-refractivity contribution in [2.75, 3.05) is 42.9 Å². The van der Waals surface area contributed by atoms with E-state index in [2.05, 4.69) is 52.4 Å². The molecule has 0 spiro atoms. The lowest BCUT2D eigenvalue weighted by Gasteiger charge is -2.35. The van der Waals surface area contributed by atoms with Gasteiger partial charge in [0.2, 0.25) is 5.91 Å². The van der Waals surface area contributed by atoms with Gasteiger partial charge in [0.1, 0.15) is 11.9 Å². The Bertz CT molecular complexity index is 1150. The molecule has 1 aliphatic rings. The topological polar surface area (TPSA) is 64.3 Å². The standard InChI is InChI=1S/C26H29N5O/c1-19-8-7-11-23(16-19)30-14-12-29(13-15-30)18-25(32)28-26-24(17-27)20(2)21(3)31(26)22-9-5-4-6-10-22/h4-11,16H,12-15,18H2,1-3H3,(H,28,32). The van der Waals surface area contributed by atoms with Crippen LogP contribution in [0.5, 0.6) is 0 Å². The highest BCUT2D eigenvalue weighted by Gasteiger charge is 2.23. The predicted octanol–water partition coefficient (Wildman–Crippen LogP) is 4.03. The summed E-state index contributed by atoms with van der Waals surface area (Å²) in [5.41, 5.74) is 5.78. The summed E-state index contributed by atoms with van der Waals surface area (Å²) < 4.78 is 1.96. The van der Waals surface area contributed by atoms with Crippen molar-refractivity contribution in [3.05, 3.63) is 77.0 Å². The lowest BCUT2D eigenvalue weighted by molar-refractivity contribution is -0.117. The Morgan fingerprint density at radius 3 is 2.31 bits per heavy atom. The molecule has 1 aromatic heterocycles. The second-order valence-electron chi connectivity index (χ2n) is 8.37. The number of carbonyl (C=O) groups excluding carboxylic acids is 1. The molecule has 3 aromatic rings. The summed E-state index contributed by atoms with van der Waals surface area (Å²) in [7, 11) is 0. The Kier molecular flexibility index (Phi) is 6.29. The quantitative estimate of drug-likeness (QED) is 0.668. The van der Waals surface area contributed by atoms with Crippen LogP contribution in [0.1, 0.15) is 22.4 Å². The first kappa shape index (κ1) is 21.7. The number of piperazine rings is 1. The second kappa shape index (κ2) is 9.29. The lowest BCUT2D eigenvalue weighted by atomic mass is 10.2. The van der Waals surface area contributed by atoms with Crippen molar-refractivity contribution in [1.29, 1.82) is 5.26 Å². The van der Waals surface area contributed by atoms with Gasteiger partial charge in [0.05, 0.1) is 12.1 Å². The molecule has 0 aliphatic carbocycles. The van der Waals surface area contributed by atoms with Crippen LogP contribution in [0.15, 0.2) is 54.6 Å². The summed E-state index contributed by atoms with van der Waals surface area (Å²) in [6, 6.07) is 20.6. The minimum absolute atomic E-state index is 0.0970. The van der Waals surface area contributed by atoms with E-state index in [-0.39, 0.29) is 5.91 Å². The van der Waals surface area contributed by atoms with Gasteiger partial charge in [0.15, 0.2) is 0 Å². The van der Waals surface area contributed by atoms with Crippen LogP contribution in [0.4, 0.5) is 11.5 Å². The highest BCUT2D eigenvalue weighted by atomic mass is 16.2. The van der Waals surface area contributed by atoms with Gasteiger partial charge in [-0.25, -0.2) is 0 Å². The van der Waals surface area contributed by atoms with Gasteiger partial charge in [0.25, 0.3) is 0 Å². The summed E-state index contributed by atoms with van der Waals surface area (Å²) in [6.45, 7) is 9.74. The predicted molar refractivity (Wildman–Crippen MR) is 128 cm³/mol. The number of amides is 1. The molecular formula is C26H29N5O. The number of aryl methyl sites for hydroxylation is 1. The summed E-state index contributed by atoms with van der Waals surface area (Å²) >= 11 is 0. The van der Waals surface area contributed by atoms with Gasteiger partial charge >= 0.3 is 0 Å². The summed E-state index contributed by atoms with van der Waals surface area (Å²) in [5.74, 6) is 0.456. The van der Waals surface area contributed by atoms with Crippen LogP contribution in [0.3, 0.4) is 0 Å². The Morgan fingerprint density at radius 1 is 0.969 bits per heavy atom. The van der Waals surface area contributed by atoms with Crippen LogP contribution < -0.4 is 10.2 Å². The highest BCUT2D eigenvalue weighted by molar-refractivity contribution is 5.93. The number of nitriles is 1. The van der Waals surface area contributed by atoms with Crippen molar-refractivity contribution in [3.8, 4) is 11.8 Å². The van der Waals surface area contributed by atoms with Gasteiger partial charge in [-0.3, -0.25) is 14.3 Å². The van der Waals surface area contributed by atoms with Gasteiger partial charge in [-0.2, -0.15) is 5.26 Å². The van der Waals surface area contributed by atoms with E-state index in [9.17, 15) is 10.1 Å². The molecule has 2 heterocycles. The number of rotatable bonds is 5. The number of hydrogen-bond acceptors (Lipinski definition) is 4. The van der Waals surface area contributed by atoms with E-state index in [1.54, 1.807) is 0 Å². The van der Waals surface area contributed by atoms with Crippen molar-refractivity contribution in [3.63, 3.8) is 0 Å². The molecule has 32 heavy (non-hydrogen) atoms. The first-order valence-corrected chi connectivity index (χ1v) is 11.0. The summed E-state index contributed by atoms with van der Waals surface area (Å²) in [5, 5.41) is 12.8. The minimum atomic E-state index is -0.0970. The number of aromatic nitrogens is 1. The second-order valence-corrected chi connectivity index (χ2v) is 8.37. The largest absolute Gasteiger partial charge is 0.369 e. The fourth-order valence-corrected chi connectivity index (χ4v) is 4.32. The van der Waals surface area contributed by atoms with Gasteiger partial charge in [-0.15, -0.1) is 0 Å². The van der Waals surface area contributed by atoms with Crippen LogP contribution in [-0.2, 0) is 4.79 Å². The van der Waals surface area contributed by atoms with Crippen LogP contribution >= 0.6 is 0 Å². The van der Waals surface area contributed by atoms with Crippen molar-refractivity contribution in [2.24, 2.45) is 0 Å². The normalized spacial score (nSPS) is 14.2. The molecule has 0 saturated carbocycles. The van der Waals surface area contributed by atoms with Crippen LogP contribution in [0, 0.1) is 32.1 Å². The average Bonchev–Trinajstić information content (AvgIpc) is 3.03. The third-order valence-corrected chi connectivity index (χ3v) is 6.20. The highest BCUT2D eigenvalue weighted by Crippen LogP contribution is 2.30. The number of para-hydroxylation sites is 1. The Balaban J connectivity index is 1.45. The fourth-order valence-electron chi connectivity index (χ4n) is 4.32. The van der Waals surface area contributed by atoms with E-state index in [0.29, 0.717) is 17.9 Å². The first-order chi connectivity index (χ1) is 15.5. The maximum atomic E-state index is 13.0. The third-order valence-electron chi connectivity index (χ3n) is 6.20.